The van der Waals surface area contributed by atoms with Crippen LogP contribution in [0.4, 0.5) is 0 Å². The number of carbonyl (C=O) groups excluding carboxylic acids is 1. The van der Waals surface area contributed by atoms with Gasteiger partial charge in [0.15, 0.2) is 0 Å². The Kier molecular flexibility index (Phi) is 4.97. The Balaban J connectivity index is 1.72. The molecule has 0 saturated carbocycles. The van der Waals surface area contributed by atoms with Crippen LogP contribution in [0.1, 0.15) is 38.1 Å². The van der Waals surface area contributed by atoms with Crippen LogP contribution in [0.15, 0.2) is 30.3 Å². The average Bonchev–Trinajstić information content (AvgIpc) is 2.53. The normalized spacial score (nSPS) is 24.9. The molecule has 4 heteroatoms. The largest absolute Gasteiger partial charge is 0.336 e. The number of nitrogens with zero attached hydrogens (tertiary/aromatic N) is 3. The van der Waals surface area contributed by atoms with Crippen LogP contribution >= 0.6 is 0 Å². The third-order valence-electron chi connectivity index (χ3n) is 5.27. The number of hydrogen-bond acceptors (Lipinski definition) is 3. The SMILES string of the molecule is CC(C)CN1C[C@@H]2CN(C(=O)c3ccccc3)CCN2C(C)(C)C1. The van der Waals surface area contributed by atoms with Gasteiger partial charge in [-0.3, -0.25) is 14.6 Å². The minimum Gasteiger partial charge on any atom is -0.336 e. The smallest absolute Gasteiger partial charge is 0.253 e. The monoisotopic (exact) mass is 329 g/mol. The summed E-state index contributed by atoms with van der Waals surface area (Å²) in [6.45, 7) is 15.2. The van der Waals surface area contributed by atoms with Crippen molar-refractivity contribution in [2.24, 2.45) is 5.92 Å². The van der Waals surface area contributed by atoms with Gasteiger partial charge in [0.25, 0.3) is 5.91 Å². The number of benzene rings is 1. The first kappa shape index (κ1) is 17.4. The van der Waals surface area contributed by atoms with Crippen molar-refractivity contribution in [1.29, 1.82) is 0 Å². The maximum absolute atomic E-state index is 12.8. The summed E-state index contributed by atoms with van der Waals surface area (Å²) < 4.78 is 0. The van der Waals surface area contributed by atoms with E-state index in [-0.39, 0.29) is 11.4 Å². The molecule has 0 spiro atoms. The summed E-state index contributed by atoms with van der Waals surface area (Å²) in [5.74, 6) is 0.854. The molecule has 0 aromatic heterocycles. The molecule has 1 amide bonds. The van der Waals surface area contributed by atoms with Gasteiger partial charge in [0.05, 0.1) is 0 Å². The Morgan fingerprint density at radius 2 is 1.88 bits per heavy atom. The fraction of sp³-hybridized carbons (Fsp3) is 0.650. The van der Waals surface area contributed by atoms with Crippen molar-refractivity contribution in [3.63, 3.8) is 0 Å². The first-order valence-corrected chi connectivity index (χ1v) is 9.20. The van der Waals surface area contributed by atoms with Crippen LogP contribution in [0.5, 0.6) is 0 Å². The summed E-state index contributed by atoms with van der Waals surface area (Å²) in [6.07, 6.45) is 0. The minimum atomic E-state index is 0.175. The molecule has 1 atom stereocenters. The molecule has 24 heavy (non-hydrogen) atoms. The van der Waals surface area contributed by atoms with Gasteiger partial charge in [0.2, 0.25) is 0 Å². The summed E-state index contributed by atoms with van der Waals surface area (Å²) in [5, 5.41) is 0. The number of carbonyl (C=O) groups is 1. The lowest BCUT2D eigenvalue weighted by Crippen LogP contribution is -2.70. The third kappa shape index (κ3) is 3.65. The molecule has 1 aromatic carbocycles. The molecule has 3 rings (SSSR count). The highest BCUT2D eigenvalue weighted by molar-refractivity contribution is 5.94. The van der Waals surface area contributed by atoms with Gasteiger partial charge in [-0.25, -0.2) is 0 Å². The van der Waals surface area contributed by atoms with Crippen molar-refractivity contribution in [3.05, 3.63) is 35.9 Å². The second-order valence-electron chi connectivity index (χ2n) is 8.36. The van der Waals surface area contributed by atoms with E-state index in [9.17, 15) is 4.79 Å². The number of fused-ring (bicyclic) bond motifs is 1. The Hall–Kier alpha value is -1.39. The summed E-state index contributed by atoms with van der Waals surface area (Å²) in [4.78, 5) is 20.0. The van der Waals surface area contributed by atoms with Gasteiger partial charge in [-0.1, -0.05) is 32.0 Å². The van der Waals surface area contributed by atoms with Crippen molar-refractivity contribution in [2.75, 3.05) is 39.3 Å². The number of hydrogen-bond donors (Lipinski definition) is 0. The van der Waals surface area contributed by atoms with Crippen LogP contribution in [0, 0.1) is 5.92 Å². The number of rotatable bonds is 3. The van der Waals surface area contributed by atoms with Crippen LogP contribution < -0.4 is 0 Å². The predicted molar refractivity (Wildman–Crippen MR) is 98.2 cm³/mol. The zero-order chi connectivity index (χ0) is 17.3. The Bertz CT molecular complexity index is 570. The van der Waals surface area contributed by atoms with Gasteiger partial charge >= 0.3 is 0 Å². The van der Waals surface area contributed by atoms with E-state index >= 15 is 0 Å². The highest BCUT2D eigenvalue weighted by Crippen LogP contribution is 2.29. The van der Waals surface area contributed by atoms with Crippen LogP contribution in [0.25, 0.3) is 0 Å². The van der Waals surface area contributed by atoms with Crippen LogP contribution in [-0.4, -0.2) is 71.5 Å². The number of piperazine rings is 2. The van der Waals surface area contributed by atoms with E-state index in [1.807, 2.05) is 35.2 Å². The van der Waals surface area contributed by atoms with E-state index in [1.54, 1.807) is 0 Å². The third-order valence-corrected chi connectivity index (χ3v) is 5.27. The van der Waals surface area contributed by atoms with Crippen molar-refractivity contribution in [1.82, 2.24) is 14.7 Å². The molecule has 4 nitrogen and oxygen atoms in total. The molecule has 0 bridgehead atoms. The second kappa shape index (κ2) is 6.85. The standard InChI is InChI=1S/C20H31N3O/c1-16(2)12-21-13-18-14-22(10-11-23(18)20(3,4)15-21)19(24)17-8-6-5-7-9-17/h5-9,16,18H,10-15H2,1-4H3/t18-/m1/s1. The van der Waals surface area contributed by atoms with E-state index in [2.05, 4.69) is 37.5 Å². The summed E-state index contributed by atoms with van der Waals surface area (Å²) in [5.41, 5.74) is 0.986. The van der Waals surface area contributed by atoms with E-state index < -0.39 is 0 Å². The molecule has 0 unspecified atom stereocenters. The maximum Gasteiger partial charge on any atom is 0.253 e. The fourth-order valence-electron chi connectivity index (χ4n) is 4.41. The molecule has 0 N–H and O–H groups in total. The van der Waals surface area contributed by atoms with Crippen LogP contribution in [-0.2, 0) is 0 Å². The molecule has 2 heterocycles. The summed E-state index contributed by atoms with van der Waals surface area (Å²) in [6, 6.07) is 10.1. The van der Waals surface area contributed by atoms with E-state index in [0.29, 0.717) is 12.0 Å². The van der Waals surface area contributed by atoms with Crippen LogP contribution in [0.3, 0.4) is 0 Å². The van der Waals surface area contributed by atoms with Gasteiger partial charge in [-0.2, -0.15) is 0 Å². The Labute approximate surface area is 146 Å². The first-order chi connectivity index (χ1) is 11.4. The van der Waals surface area contributed by atoms with Crippen molar-refractivity contribution in [3.8, 4) is 0 Å². The lowest BCUT2D eigenvalue weighted by atomic mass is 9.92. The lowest BCUT2D eigenvalue weighted by Gasteiger charge is -2.55. The molecular formula is C20H31N3O. The maximum atomic E-state index is 12.8. The van der Waals surface area contributed by atoms with E-state index in [0.717, 1.165) is 44.8 Å². The van der Waals surface area contributed by atoms with Crippen molar-refractivity contribution in [2.45, 2.75) is 39.3 Å². The second-order valence-corrected chi connectivity index (χ2v) is 8.36. The molecule has 2 aliphatic heterocycles. The lowest BCUT2D eigenvalue weighted by molar-refractivity contribution is -0.0613. The predicted octanol–water partition coefficient (Wildman–Crippen LogP) is 2.56. The van der Waals surface area contributed by atoms with Gasteiger partial charge in [0.1, 0.15) is 0 Å². The quantitative estimate of drug-likeness (QED) is 0.853. The molecule has 1 aromatic rings. The van der Waals surface area contributed by atoms with Gasteiger partial charge < -0.3 is 4.90 Å². The molecule has 0 aliphatic carbocycles. The zero-order valence-corrected chi connectivity index (χ0v) is 15.5. The van der Waals surface area contributed by atoms with Crippen molar-refractivity contribution < 1.29 is 4.79 Å². The minimum absolute atomic E-state index is 0.175. The van der Waals surface area contributed by atoms with E-state index in [1.165, 1.54) is 0 Å². The molecule has 0 radical (unpaired) electrons. The van der Waals surface area contributed by atoms with Crippen molar-refractivity contribution >= 4 is 5.91 Å². The zero-order valence-electron chi connectivity index (χ0n) is 15.5. The summed E-state index contributed by atoms with van der Waals surface area (Å²) >= 11 is 0. The van der Waals surface area contributed by atoms with E-state index in [4.69, 9.17) is 0 Å². The summed E-state index contributed by atoms with van der Waals surface area (Å²) in [7, 11) is 0. The van der Waals surface area contributed by atoms with Gasteiger partial charge in [-0.15, -0.1) is 0 Å². The molecule has 2 saturated heterocycles. The average molecular weight is 329 g/mol. The molecule has 132 valence electrons. The first-order valence-electron chi connectivity index (χ1n) is 9.20. The number of amides is 1. The molecule has 2 fully saturated rings. The molecular weight excluding hydrogens is 298 g/mol. The highest BCUT2D eigenvalue weighted by atomic mass is 16.2. The topological polar surface area (TPSA) is 26.8 Å². The van der Waals surface area contributed by atoms with Crippen LogP contribution in [0.2, 0.25) is 0 Å². The Morgan fingerprint density at radius 1 is 1.17 bits per heavy atom. The highest BCUT2D eigenvalue weighted by Gasteiger charge is 2.43. The molecule has 2 aliphatic rings. The fourth-order valence-corrected chi connectivity index (χ4v) is 4.41. The Morgan fingerprint density at radius 3 is 2.54 bits per heavy atom. The van der Waals surface area contributed by atoms with Gasteiger partial charge in [0, 0.05) is 56.4 Å². The van der Waals surface area contributed by atoms with Gasteiger partial charge in [-0.05, 0) is 31.9 Å².